The van der Waals surface area contributed by atoms with E-state index >= 15 is 0 Å². The lowest BCUT2D eigenvalue weighted by molar-refractivity contribution is -0.131. The van der Waals surface area contributed by atoms with Crippen LogP contribution in [0.25, 0.3) is 0 Å². The molecule has 222 valence electrons. The van der Waals surface area contributed by atoms with Gasteiger partial charge >= 0.3 is 0 Å². The number of carbonyl (C=O) groups is 3. The highest BCUT2D eigenvalue weighted by Crippen LogP contribution is 2.33. The molecule has 7 nitrogen and oxygen atoms in total. The number of amides is 2. The van der Waals surface area contributed by atoms with Gasteiger partial charge in [0.15, 0.2) is 15.6 Å². The number of nitrogens with one attached hydrogen (secondary N) is 2. The Morgan fingerprint density at radius 1 is 0.846 bits per heavy atom. The average Bonchev–Trinajstić information content (AvgIpc) is 2.84. The van der Waals surface area contributed by atoms with Gasteiger partial charge in [-0.2, -0.15) is 0 Å². The molecule has 1 unspecified atom stereocenters. The number of Topliss-reactive ketones (excluding diaryl/α,β-unsaturated/α-hetero) is 1. The number of hydrogen-bond donors (Lipinski definition) is 2. The summed E-state index contributed by atoms with van der Waals surface area (Å²) >= 11 is 12.1. The van der Waals surface area contributed by atoms with E-state index in [1.807, 2.05) is 0 Å². The van der Waals surface area contributed by atoms with Gasteiger partial charge in [0.2, 0.25) is 5.91 Å². The number of sulfone groups is 1. The number of alkyl halides is 2. The van der Waals surface area contributed by atoms with Gasteiger partial charge in [-0.15, -0.1) is 0 Å². The highest BCUT2D eigenvalue weighted by molar-refractivity contribution is 7.91. The molecule has 0 spiro atoms. The van der Waals surface area contributed by atoms with Crippen LogP contribution >= 0.6 is 23.2 Å². The van der Waals surface area contributed by atoms with Gasteiger partial charge in [0.1, 0.15) is 0 Å². The number of benzene rings is 1. The Morgan fingerprint density at radius 3 is 1.85 bits per heavy atom. The molecule has 0 aromatic heterocycles. The summed E-state index contributed by atoms with van der Waals surface area (Å²) in [5, 5.41) is 5.18. The van der Waals surface area contributed by atoms with E-state index in [1.54, 1.807) is 45.9 Å². The third kappa shape index (κ3) is 13.5. The van der Waals surface area contributed by atoms with E-state index in [0.29, 0.717) is 12.1 Å². The van der Waals surface area contributed by atoms with Crippen molar-refractivity contribution in [2.75, 3.05) is 22.1 Å². The molecule has 10 heteroatoms. The molecule has 39 heavy (non-hydrogen) atoms. The summed E-state index contributed by atoms with van der Waals surface area (Å²) < 4.78 is 22.8. The molecule has 2 amide bonds. The maximum Gasteiger partial charge on any atom is 0.268 e. The number of ketones is 1. The van der Waals surface area contributed by atoms with E-state index in [9.17, 15) is 22.8 Å². The zero-order valence-electron chi connectivity index (χ0n) is 24.1. The van der Waals surface area contributed by atoms with Gasteiger partial charge in [-0.1, -0.05) is 122 Å². The Bertz CT molecular complexity index is 1050. The summed E-state index contributed by atoms with van der Waals surface area (Å²) in [6.07, 6.45) is 11.2. The van der Waals surface area contributed by atoms with Crippen LogP contribution in [0.15, 0.2) is 24.3 Å². The monoisotopic (exact) mass is 604 g/mol. The number of rotatable bonds is 18. The van der Waals surface area contributed by atoms with Crippen LogP contribution in [-0.2, 0) is 24.2 Å². The van der Waals surface area contributed by atoms with Gasteiger partial charge in [0.25, 0.3) is 10.2 Å². The smallest absolute Gasteiger partial charge is 0.268 e. The average molecular weight is 606 g/mol. The zero-order chi connectivity index (χ0) is 29.7. The predicted molar refractivity (Wildman–Crippen MR) is 162 cm³/mol. The predicted octanol–water partition coefficient (Wildman–Crippen LogP) is 7.32. The first-order chi connectivity index (χ1) is 18.1. The topological polar surface area (TPSA) is 109 Å². The van der Waals surface area contributed by atoms with Crippen LogP contribution in [-0.4, -0.2) is 41.9 Å². The third-order valence-corrected chi connectivity index (χ3v) is 9.01. The minimum Gasteiger partial charge on any atom is -0.326 e. The minimum absolute atomic E-state index is 0.0779. The lowest BCUT2D eigenvalue weighted by Crippen LogP contribution is -2.45. The van der Waals surface area contributed by atoms with Crippen molar-refractivity contribution in [1.82, 2.24) is 0 Å². The number of carbonyl (C=O) groups excluding carboxylic acids is 3. The first-order valence-electron chi connectivity index (χ1n) is 14.0. The van der Waals surface area contributed by atoms with Crippen molar-refractivity contribution < 1.29 is 22.8 Å². The molecule has 0 saturated carbocycles. The summed E-state index contributed by atoms with van der Waals surface area (Å²) in [5.74, 6) is -2.90. The van der Waals surface area contributed by atoms with Gasteiger partial charge in [0, 0.05) is 22.7 Å². The Balaban J connectivity index is 2.53. The van der Waals surface area contributed by atoms with Gasteiger partial charge in [-0.3, -0.25) is 14.4 Å². The molecule has 0 saturated heterocycles. The molecule has 1 aromatic carbocycles. The Kier molecular flexibility index (Phi) is 15.0. The molecule has 0 bridgehead atoms. The lowest BCUT2D eigenvalue weighted by atomic mass is 9.88. The summed E-state index contributed by atoms with van der Waals surface area (Å²) in [6.45, 7) is 8.60. The highest BCUT2D eigenvalue weighted by atomic mass is 35.5. The standard InChI is InChI=1S/C29H46Cl2N2O5S/c1-6-7-8-9-10-11-12-13-14-15-19-39(37,38)21-22(2)25(34)32-23-17-16-18-24(20-23)33-27(36)29(30,31)26(35)28(3,4)5/h16-18,20,22H,6-15,19,21H2,1-5H3,(H,32,34)(H,33,36). The molecule has 0 aliphatic heterocycles. The number of halogens is 2. The van der Waals surface area contributed by atoms with E-state index in [-0.39, 0.29) is 17.2 Å². The van der Waals surface area contributed by atoms with Crippen molar-refractivity contribution in [3.63, 3.8) is 0 Å². The van der Waals surface area contributed by atoms with Gasteiger partial charge in [-0.25, -0.2) is 8.42 Å². The second-order valence-electron chi connectivity index (χ2n) is 11.4. The van der Waals surface area contributed by atoms with Gasteiger partial charge < -0.3 is 10.6 Å². The molecular weight excluding hydrogens is 559 g/mol. The highest BCUT2D eigenvalue weighted by Gasteiger charge is 2.47. The number of hydrogen-bond acceptors (Lipinski definition) is 5. The Labute approximate surface area is 245 Å². The second-order valence-corrected chi connectivity index (χ2v) is 14.9. The zero-order valence-corrected chi connectivity index (χ0v) is 26.4. The summed E-state index contributed by atoms with van der Waals surface area (Å²) in [4.78, 5) is 37.7. The van der Waals surface area contributed by atoms with Crippen LogP contribution in [0, 0.1) is 11.3 Å². The van der Waals surface area contributed by atoms with Crippen LogP contribution in [0.3, 0.4) is 0 Å². The van der Waals surface area contributed by atoms with Crippen molar-refractivity contribution in [3.8, 4) is 0 Å². The number of unbranched alkanes of at least 4 members (excludes halogenated alkanes) is 9. The molecule has 0 fully saturated rings. The Morgan fingerprint density at radius 2 is 1.33 bits per heavy atom. The summed E-state index contributed by atoms with van der Waals surface area (Å²) in [7, 11) is -3.37. The molecule has 0 heterocycles. The third-order valence-electron chi connectivity index (χ3n) is 6.40. The normalized spacial score (nSPS) is 13.1. The molecule has 2 N–H and O–H groups in total. The van der Waals surface area contributed by atoms with E-state index in [2.05, 4.69) is 17.6 Å². The van der Waals surface area contributed by atoms with Gasteiger partial charge in [0.05, 0.1) is 11.5 Å². The fourth-order valence-electron chi connectivity index (χ4n) is 4.07. The first-order valence-corrected chi connectivity index (χ1v) is 16.5. The second kappa shape index (κ2) is 16.6. The quantitative estimate of drug-likeness (QED) is 0.104. The van der Waals surface area contributed by atoms with Crippen LogP contribution in [0.5, 0.6) is 0 Å². The minimum atomic E-state index is -3.37. The van der Waals surface area contributed by atoms with Crippen molar-refractivity contribution in [3.05, 3.63) is 24.3 Å². The Hall–Kier alpha value is -1.64. The molecular formula is C29H46Cl2N2O5S. The SMILES string of the molecule is CCCCCCCCCCCCS(=O)(=O)CC(C)C(=O)Nc1cccc(NC(=O)C(Cl)(Cl)C(=O)C(C)(C)C)c1. The lowest BCUT2D eigenvalue weighted by Gasteiger charge is -2.25. The van der Waals surface area contributed by atoms with Crippen molar-refractivity contribution >= 4 is 62.0 Å². The van der Waals surface area contributed by atoms with E-state index in [4.69, 9.17) is 23.2 Å². The van der Waals surface area contributed by atoms with Crippen molar-refractivity contribution in [2.24, 2.45) is 11.3 Å². The summed E-state index contributed by atoms with van der Waals surface area (Å²) in [5.41, 5.74) is -0.305. The van der Waals surface area contributed by atoms with E-state index in [0.717, 1.165) is 19.3 Å². The summed E-state index contributed by atoms with van der Waals surface area (Å²) in [6, 6.07) is 6.23. The molecule has 0 aliphatic rings. The molecule has 1 rings (SSSR count). The first kappa shape index (κ1) is 35.4. The van der Waals surface area contributed by atoms with Crippen LogP contribution in [0.1, 0.15) is 98.8 Å². The fraction of sp³-hybridized carbons (Fsp3) is 0.690. The molecule has 0 aliphatic carbocycles. The number of anilines is 2. The van der Waals surface area contributed by atoms with E-state index < -0.39 is 43.1 Å². The van der Waals surface area contributed by atoms with E-state index in [1.165, 1.54) is 44.6 Å². The van der Waals surface area contributed by atoms with Crippen LogP contribution in [0.4, 0.5) is 11.4 Å². The molecule has 1 aromatic rings. The van der Waals surface area contributed by atoms with Gasteiger partial charge in [-0.05, 0) is 24.6 Å². The molecule has 1 atom stereocenters. The van der Waals surface area contributed by atoms with Crippen LogP contribution in [0.2, 0.25) is 0 Å². The van der Waals surface area contributed by atoms with Crippen molar-refractivity contribution in [1.29, 1.82) is 0 Å². The van der Waals surface area contributed by atoms with Crippen molar-refractivity contribution in [2.45, 2.75) is 103 Å². The van der Waals surface area contributed by atoms with Crippen LogP contribution < -0.4 is 10.6 Å². The maximum absolute atomic E-state index is 12.7. The maximum atomic E-state index is 12.7. The molecule has 0 radical (unpaired) electrons. The largest absolute Gasteiger partial charge is 0.326 e. The fourth-order valence-corrected chi connectivity index (χ4v) is 6.46.